The second-order valence-electron chi connectivity index (χ2n) is 3.63. The maximum absolute atomic E-state index is 11.7. The standard InChI is InChI=1S/C11H10N2O3S/c1-6-3-4-7(17-6)5-8-9(14)12-11(16)13(2)10(8)15/h3-5H,1-2H3,(H,12,14,16)/b8-5+. The van der Waals surface area contributed by atoms with Crippen molar-refractivity contribution in [1.82, 2.24) is 10.2 Å². The Kier molecular flexibility index (Phi) is 2.81. The highest BCUT2D eigenvalue weighted by molar-refractivity contribution is 7.12. The molecule has 0 radical (unpaired) electrons. The summed E-state index contributed by atoms with van der Waals surface area (Å²) in [6, 6.07) is 3.03. The molecule has 0 aromatic carbocycles. The van der Waals surface area contributed by atoms with E-state index in [2.05, 4.69) is 5.32 Å². The quantitative estimate of drug-likeness (QED) is 0.600. The van der Waals surface area contributed by atoms with E-state index in [0.29, 0.717) is 0 Å². The third-order valence-electron chi connectivity index (χ3n) is 2.35. The fraction of sp³-hybridized carbons (Fsp3) is 0.182. The number of aryl methyl sites for hydroxylation is 1. The topological polar surface area (TPSA) is 66.5 Å². The first-order chi connectivity index (χ1) is 7.99. The van der Waals surface area contributed by atoms with Crippen LogP contribution in [0, 0.1) is 6.92 Å². The highest BCUT2D eigenvalue weighted by Crippen LogP contribution is 2.20. The van der Waals surface area contributed by atoms with Crippen molar-refractivity contribution in [2.24, 2.45) is 0 Å². The molecule has 1 fully saturated rings. The smallest absolute Gasteiger partial charge is 0.273 e. The van der Waals surface area contributed by atoms with Gasteiger partial charge in [-0.25, -0.2) is 4.79 Å². The van der Waals surface area contributed by atoms with Crippen molar-refractivity contribution in [2.75, 3.05) is 7.05 Å². The summed E-state index contributed by atoms with van der Waals surface area (Å²) in [5, 5.41) is 2.10. The number of thiophene rings is 1. The number of urea groups is 1. The lowest BCUT2D eigenvalue weighted by Crippen LogP contribution is -2.52. The molecule has 1 aliphatic heterocycles. The van der Waals surface area contributed by atoms with E-state index in [0.717, 1.165) is 14.7 Å². The molecule has 0 saturated carbocycles. The third kappa shape index (κ3) is 2.12. The molecule has 2 heterocycles. The number of amides is 4. The highest BCUT2D eigenvalue weighted by Gasteiger charge is 2.32. The van der Waals surface area contributed by atoms with Gasteiger partial charge in [-0.05, 0) is 25.1 Å². The minimum Gasteiger partial charge on any atom is -0.273 e. The fourth-order valence-electron chi connectivity index (χ4n) is 1.42. The van der Waals surface area contributed by atoms with Gasteiger partial charge < -0.3 is 0 Å². The number of hydrogen-bond donors (Lipinski definition) is 1. The molecule has 88 valence electrons. The first-order valence-corrected chi connectivity index (χ1v) is 5.72. The van der Waals surface area contributed by atoms with Gasteiger partial charge in [-0.15, -0.1) is 11.3 Å². The summed E-state index contributed by atoms with van der Waals surface area (Å²) < 4.78 is 0. The van der Waals surface area contributed by atoms with E-state index >= 15 is 0 Å². The number of carbonyl (C=O) groups excluding carboxylic acids is 3. The van der Waals surface area contributed by atoms with Gasteiger partial charge in [-0.1, -0.05) is 0 Å². The van der Waals surface area contributed by atoms with Crippen molar-refractivity contribution >= 4 is 35.3 Å². The normalized spacial score (nSPS) is 18.8. The van der Waals surface area contributed by atoms with Gasteiger partial charge in [-0.2, -0.15) is 0 Å². The number of nitrogens with one attached hydrogen (secondary N) is 1. The van der Waals surface area contributed by atoms with Crippen molar-refractivity contribution in [3.63, 3.8) is 0 Å². The van der Waals surface area contributed by atoms with Crippen LogP contribution in [0.4, 0.5) is 4.79 Å². The summed E-state index contributed by atoms with van der Waals surface area (Å²) in [5.41, 5.74) is -0.0195. The van der Waals surface area contributed by atoms with Crippen LogP contribution in [0.1, 0.15) is 9.75 Å². The van der Waals surface area contributed by atoms with E-state index in [1.54, 1.807) is 0 Å². The average Bonchev–Trinajstić information content (AvgIpc) is 2.67. The summed E-state index contributed by atoms with van der Waals surface area (Å²) in [4.78, 5) is 37.2. The maximum Gasteiger partial charge on any atom is 0.331 e. The second kappa shape index (κ2) is 4.14. The first kappa shape index (κ1) is 11.5. The van der Waals surface area contributed by atoms with E-state index in [4.69, 9.17) is 0 Å². The van der Waals surface area contributed by atoms with Crippen LogP contribution in [0.5, 0.6) is 0 Å². The monoisotopic (exact) mass is 250 g/mol. The zero-order valence-electron chi connectivity index (χ0n) is 9.31. The van der Waals surface area contributed by atoms with Crippen molar-refractivity contribution < 1.29 is 14.4 Å². The van der Waals surface area contributed by atoms with E-state index < -0.39 is 17.8 Å². The lowest BCUT2D eigenvalue weighted by atomic mass is 10.1. The number of barbiturate groups is 1. The number of likely N-dealkylation sites (N-methyl/N-ethyl adjacent to an activating group) is 1. The van der Waals surface area contributed by atoms with Gasteiger partial charge in [0, 0.05) is 16.8 Å². The van der Waals surface area contributed by atoms with Crippen LogP contribution < -0.4 is 5.32 Å². The molecular weight excluding hydrogens is 240 g/mol. The van der Waals surface area contributed by atoms with Crippen molar-refractivity contribution in [3.05, 3.63) is 27.5 Å². The molecule has 5 nitrogen and oxygen atoms in total. The van der Waals surface area contributed by atoms with Crippen LogP contribution in [-0.4, -0.2) is 29.8 Å². The van der Waals surface area contributed by atoms with E-state index in [1.165, 1.54) is 24.5 Å². The van der Waals surface area contributed by atoms with E-state index in [-0.39, 0.29) is 5.57 Å². The molecule has 1 saturated heterocycles. The van der Waals surface area contributed by atoms with Crippen molar-refractivity contribution in [2.45, 2.75) is 6.92 Å². The van der Waals surface area contributed by atoms with Crippen LogP contribution in [0.25, 0.3) is 6.08 Å². The Morgan fingerprint density at radius 3 is 2.59 bits per heavy atom. The minimum atomic E-state index is -0.695. The number of carbonyl (C=O) groups is 3. The molecule has 1 aromatic rings. The molecule has 1 aromatic heterocycles. The average molecular weight is 250 g/mol. The van der Waals surface area contributed by atoms with Crippen LogP contribution in [0.3, 0.4) is 0 Å². The number of hydrogen-bond acceptors (Lipinski definition) is 4. The molecule has 0 atom stereocenters. The maximum atomic E-state index is 11.7. The molecule has 17 heavy (non-hydrogen) atoms. The van der Waals surface area contributed by atoms with Crippen LogP contribution in [-0.2, 0) is 9.59 Å². The number of rotatable bonds is 1. The lowest BCUT2D eigenvalue weighted by Gasteiger charge is -2.22. The minimum absolute atomic E-state index is 0.0195. The zero-order chi connectivity index (χ0) is 12.6. The SMILES string of the molecule is Cc1ccc(/C=C2\C(=O)NC(=O)N(C)C2=O)s1. The summed E-state index contributed by atoms with van der Waals surface area (Å²) in [5.74, 6) is -1.23. The summed E-state index contributed by atoms with van der Waals surface area (Å²) in [6.07, 6.45) is 1.50. The van der Waals surface area contributed by atoms with Crippen LogP contribution >= 0.6 is 11.3 Å². The van der Waals surface area contributed by atoms with Gasteiger partial charge >= 0.3 is 6.03 Å². The Labute approximate surface area is 102 Å². The largest absolute Gasteiger partial charge is 0.331 e. The van der Waals surface area contributed by atoms with Crippen LogP contribution in [0.2, 0.25) is 0 Å². The Balaban J connectivity index is 2.37. The third-order valence-corrected chi connectivity index (χ3v) is 3.30. The van der Waals surface area contributed by atoms with Gasteiger partial charge in [-0.3, -0.25) is 19.8 Å². The molecule has 0 bridgehead atoms. The summed E-state index contributed by atoms with van der Waals surface area (Å²) in [6.45, 7) is 1.94. The zero-order valence-corrected chi connectivity index (χ0v) is 10.1. The summed E-state index contributed by atoms with van der Waals surface area (Å²) in [7, 11) is 1.33. The molecule has 0 spiro atoms. The summed E-state index contributed by atoms with van der Waals surface area (Å²) >= 11 is 1.48. The van der Waals surface area contributed by atoms with Crippen molar-refractivity contribution in [3.8, 4) is 0 Å². The van der Waals surface area contributed by atoms with Gasteiger partial charge in [0.25, 0.3) is 11.8 Å². The predicted octanol–water partition coefficient (Wildman–Crippen LogP) is 1.15. The van der Waals surface area contributed by atoms with Gasteiger partial charge in [0.2, 0.25) is 0 Å². The predicted molar refractivity (Wildman–Crippen MR) is 63.3 cm³/mol. The fourth-order valence-corrected chi connectivity index (χ4v) is 2.24. The van der Waals surface area contributed by atoms with Gasteiger partial charge in [0.15, 0.2) is 0 Å². The first-order valence-electron chi connectivity index (χ1n) is 4.90. The molecule has 2 rings (SSSR count). The van der Waals surface area contributed by atoms with E-state index in [1.807, 2.05) is 19.1 Å². The second-order valence-corrected chi connectivity index (χ2v) is 4.95. The highest BCUT2D eigenvalue weighted by atomic mass is 32.1. The molecule has 0 unspecified atom stereocenters. The van der Waals surface area contributed by atoms with Crippen molar-refractivity contribution in [1.29, 1.82) is 0 Å². The number of nitrogens with zero attached hydrogens (tertiary/aromatic N) is 1. The molecule has 1 N–H and O–H groups in total. The van der Waals surface area contributed by atoms with Gasteiger partial charge in [0.05, 0.1) is 0 Å². The molecule has 0 aliphatic carbocycles. The molecule has 1 aliphatic rings. The molecule has 6 heteroatoms. The molecule has 4 amide bonds. The van der Waals surface area contributed by atoms with Gasteiger partial charge in [0.1, 0.15) is 5.57 Å². The Hall–Kier alpha value is -1.95. The Morgan fingerprint density at radius 1 is 1.29 bits per heavy atom. The molecular formula is C11H10N2O3S. The van der Waals surface area contributed by atoms with E-state index in [9.17, 15) is 14.4 Å². The number of imide groups is 2. The Morgan fingerprint density at radius 2 is 2.00 bits per heavy atom. The Bertz CT molecular complexity index is 545. The van der Waals surface area contributed by atoms with Crippen LogP contribution in [0.15, 0.2) is 17.7 Å². The lowest BCUT2D eigenvalue weighted by molar-refractivity contribution is -0.129.